The number of hydrogen-bond acceptors (Lipinski definition) is 3. The minimum atomic E-state index is -0.0866. The summed E-state index contributed by atoms with van der Waals surface area (Å²) >= 11 is 0. The fourth-order valence-corrected chi connectivity index (χ4v) is 4.42. The van der Waals surface area contributed by atoms with Crippen LogP contribution >= 0.6 is 0 Å². The van der Waals surface area contributed by atoms with Crippen molar-refractivity contribution in [2.75, 3.05) is 11.4 Å². The Morgan fingerprint density at radius 3 is 2.56 bits per heavy atom. The first-order valence-corrected chi connectivity index (χ1v) is 11.4. The SMILES string of the molecule is CC(C)NC(=O)c1cccc2c1CCCN2C(=O)c1cc(C2CC2)nn1-c1ccccc1. The molecule has 2 aliphatic rings. The minimum Gasteiger partial charge on any atom is -0.350 e. The van der Waals surface area contributed by atoms with Crippen molar-refractivity contribution in [1.29, 1.82) is 0 Å². The lowest BCUT2D eigenvalue weighted by atomic mass is 9.95. The highest BCUT2D eigenvalue weighted by Gasteiger charge is 2.32. The molecule has 1 saturated carbocycles. The fourth-order valence-electron chi connectivity index (χ4n) is 4.42. The molecule has 2 amide bonds. The molecule has 1 aliphatic carbocycles. The Balaban J connectivity index is 1.54. The van der Waals surface area contributed by atoms with Gasteiger partial charge in [-0.1, -0.05) is 24.3 Å². The molecular weight excluding hydrogens is 400 g/mol. The summed E-state index contributed by atoms with van der Waals surface area (Å²) in [4.78, 5) is 28.4. The van der Waals surface area contributed by atoms with Crippen molar-refractivity contribution in [3.63, 3.8) is 0 Å². The molecule has 2 aromatic carbocycles. The monoisotopic (exact) mass is 428 g/mol. The minimum absolute atomic E-state index is 0.0563. The van der Waals surface area contributed by atoms with Crippen LogP contribution in [0.5, 0.6) is 0 Å². The number of carbonyl (C=O) groups is 2. The van der Waals surface area contributed by atoms with E-state index >= 15 is 0 Å². The molecule has 0 spiro atoms. The summed E-state index contributed by atoms with van der Waals surface area (Å²) in [7, 11) is 0. The summed E-state index contributed by atoms with van der Waals surface area (Å²) in [5, 5.41) is 7.78. The van der Waals surface area contributed by atoms with Gasteiger partial charge >= 0.3 is 0 Å². The van der Waals surface area contributed by atoms with Crippen LogP contribution in [0.25, 0.3) is 5.69 Å². The van der Waals surface area contributed by atoms with Crippen molar-refractivity contribution in [2.24, 2.45) is 0 Å². The van der Waals surface area contributed by atoms with Gasteiger partial charge in [0, 0.05) is 29.8 Å². The first kappa shape index (κ1) is 20.5. The van der Waals surface area contributed by atoms with Gasteiger partial charge in [-0.2, -0.15) is 5.10 Å². The summed E-state index contributed by atoms with van der Waals surface area (Å²) in [6.45, 7) is 4.52. The van der Waals surface area contributed by atoms with Gasteiger partial charge in [0.25, 0.3) is 11.8 Å². The topological polar surface area (TPSA) is 67.2 Å². The number of para-hydroxylation sites is 1. The zero-order valence-electron chi connectivity index (χ0n) is 18.5. The van der Waals surface area contributed by atoms with E-state index in [0.29, 0.717) is 23.7 Å². The number of anilines is 1. The predicted molar refractivity (Wildman–Crippen MR) is 125 cm³/mol. The van der Waals surface area contributed by atoms with E-state index in [2.05, 4.69) is 5.32 Å². The van der Waals surface area contributed by atoms with Gasteiger partial charge in [-0.05, 0) is 75.4 Å². The number of hydrogen-bond donors (Lipinski definition) is 1. The third-order valence-corrected chi connectivity index (χ3v) is 6.10. The summed E-state index contributed by atoms with van der Waals surface area (Å²) < 4.78 is 1.78. The lowest BCUT2D eigenvalue weighted by Crippen LogP contribution is -2.38. The molecule has 1 fully saturated rings. The summed E-state index contributed by atoms with van der Waals surface area (Å²) in [5.74, 6) is 0.290. The lowest BCUT2D eigenvalue weighted by Gasteiger charge is -2.31. The maximum Gasteiger partial charge on any atom is 0.277 e. The molecule has 6 heteroatoms. The maximum absolute atomic E-state index is 13.8. The number of benzene rings is 2. The Bertz CT molecular complexity index is 1160. The second-order valence-corrected chi connectivity index (χ2v) is 8.97. The van der Waals surface area contributed by atoms with Crippen LogP contribution in [0.4, 0.5) is 5.69 Å². The van der Waals surface area contributed by atoms with E-state index < -0.39 is 0 Å². The van der Waals surface area contributed by atoms with E-state index in [0.717, 1.165) is 48.3 Å². The molecule has 3 aromatic rings. The molecule has 5 rings (SSSR count). The van der Waals surface area contributed by atoms with E-state index in [4.69, 9.17) is 5.10 Å². The van der Waals surface area contributed by atoms with Crippen LogP contribution in [0.15, 0.2) is 54.6 Å². The van der Waals surface area contributed by atoms with E-state index in [1.165, 1.54) is 0 Å². The molecule has 1 N–H and O–H groups in total. The van der Waals surface area contributed by atoms with E-state index in [1.54, 1.807) is 4.68 Å². The highest BCUT2D eigenvalue weighted by molar-refractivity contribution is 6.07. The largest absolute Gasteiger partial charge is 0.350 e. The van der Waals surface area contributed by atoms with Gasteiger partial charge in [-0.15, -0.1) is 0 Å². The molecule has 0 radical (unpaired) electrons. The second kappa shape index (κ2) is 8.26. The van der Waals surface area contributed by atoms with Crippen LogP contribution in [0.1, 0.15) is 71.1 Å². The highest BCUT2D eigenvalue weighted by Crippen LogP contribution is 2.40. The number of carbonyl (C=O) groups excluding carboxylic acids is 2. The van der Waals surface area contributed by atoms with Gasteiger partial charge in [0.1, 0.15) is 5.69 Å². The van der Waals surface area contributed by atoms with Crippen molar-refractivity contribution in [3.05, 3.63) is 77.1 Å². The van der Waals surface area contributed by atoms with Crippen LogP contribution in [0.2, 0.25) is 0 Å². The third-order valence-electron chi connectivity index (χ3n) is 6.10. The lowest BCUT2D eigenvalue weighted by molar-refractivity contribution is 0.0937. The molecule has 0 bridgehead atoms. The van der Waals surface area contributed by atoms with Gasteiger partial charge in [0.05, 0.1) is 11.4 Å². The fraction of sp³-hybridized carbons (Fsp3) is 0.346. The summed E-state index contributed by atoms with van der Waals surface area (Å²) in [5.41, 5.74) is 4.86. The number of fused-ring (bicyclic) bond motifs is 1. The van der Waals surface area contributed by atoms with Gasteiger partial charge in [-0.3, -0.25) is 9.59 Å². The van der Waals surface area contributed by atoms with Crippen LogP contribution in [-0.2, 0) is 6.42 Å². The van der Waals surface area contributed by atoms with Crippen LogP contribution in [-0.4, -0.2) is 34.2 Å². The van der Waals surface area contributed by atoms with E-state index in [1.807, 2.05) is 73.3 Å². The quantitative estimate of drug-likeness (QED) is 0.652. The first-order valence-electron chi connectivity index (χ1n) is 11.4. The molecular formula is C26H28N4O2. The number of rotatable bonds is 5. The van der Waals surface area contributed by atoms with E-state index in [9.17, 15) is 9.59 Å². The Hall–Kier alpha value is -3.41. The van der Waals surface area contributed by atoms with Gasteiger partial charge < -0.3 is 10.2 Å². The second-order valence-electron chi connectivity index (χ2n) is 8.97. The molecule has 164 valence electrons. The van der Waals surface area contributed by atoms with Crippen molar-refractivity contribution >= 4 is 17.5 Å². The Labute approximate surface area is 188 Å². The van der Waals surface area contributed by atoms with Gasteiger partial charge in [0.15, 0.2) is 0 Å². The number of nitrogens with zero attached hydrogens (tertiary/aromatic N) is 3. The number of aromatic nitrogens is 2. The normalized spacial score (nSPS) is 15.5. The van der Waals surface area contributed by atoms with E-state index in [-0.39, 0.29) is 17.9 Å². The Morgan fingerprint density at radius 1 is 1.06 bits per heavy atom. The highest BCUT2D eigenvalue weighted by atomic mass is 16.2. The molecule has 32 heavy (non-hydrogen) atoms. The summed E-state index contributed by atoms with van der Waals surface area (Å²) in [6.07, 6.45) is 3.85. The Kier molecular flexibility index (Phi) is 5.29. The number of amides is 2. The molecule has 2 heterocycles. The standard InChI is InChI=1S/C26H28N4O2/c1-17(2)27-25(31)21-10-6-12-23-20(21)11-7-15-29(23)26(32)24-16-22(18-13-14-18)28-30(24)19-8-4-3-5-9-19/h3-6,8-10,12,16-18H,7,11,13-15H2,1-2H3,(H,27,31). The molecule has 1 aromatic heterocycles. The van der Waals surface area contributed by atoms with Crippen LogP contribution in [0, 0.1) is 0 Å². The maximum atomic E-state index is 13.8. The first-order chi connectivity index (χ1) is 15.5. The molecule has 0 saturated heterocycles. The molecule has 6 nitrogen and oxygen atoms in total. The predicted octanol–water partition coefficient (Wildman–Crippen LogP) is 4.48. The van der Waals surface area contributed by atoms with Crippen molar-refractivity contribution in [1.82, 2.24) is 15.1 Å². The van der Waals surface area contributed by atoms with Crippen molar-refractivity contribution < 1.29 is 9.59 Å². The average Bonchev–Trinajstić information content (AvgIpc) is 3.56. The van der Waals surface area contributed by atoms with Crippen LogP contribution in [0.3, 0.4) is 0 Å². The molecule has 0 unspecified atom stereocenters. The molecule has 1 aliphatic heterocycles. The van der Waals surface area contributed by atoms with Crippen LogP contribution < -0.4 is 10.2 Å². The van der Waals surface area contributed by atoms with Gasteiger partial charge in [-0.25, -0.2) is 4.68 Å². The zero-order chi connectivity index (χ0) is 22.2. The number of nitrogens with one attached hydrogen (secondary N) is 1. The summed E-state index contributed by atoms with van der Waals surface area (Å²) in [6, 6.07) is 17.5. The van der Waals surface area contributed by atoms with Crippen molar-refractivity contribution in [2.45, 2.75) is 51.5 Å². The zero-order valence-corrected chi connectivity index (χ0v) is 18.5. The van der Waals surface area contributed by atoms with Gasteiger partial charge in [0.2, 0.25) is 0 Å². The average molecular weight is 429 g/mol. The molecule has 0 atom stereocenters. The third kappa shape index (κ3) is 3.81. The smallest absolute Gasteiger partial charge is 0.277 e. The van der Waals surface area contributed by atoms with Crippen molar-refractivity contribution in [3.8, 4) is 5.69 Å². The Morgan fingerprint density at radius 2 is 1.84 bits per heavy atom.